The van der Waals surface area contributed by atoms with Crippen molar-refractivity contribution >= 4 is 39.9 Å². The zero-order chi connectivity index (χ0) is 24.9. The predicted octanol–water partition coefficient (Wildman–Crippen LogP) is 5.43. The summed E-state index contributed by atoms with van der Waals surface area (Å²) in [6.45, 7) is 4.53. The Morgan fingerprint density at radius 1 is 1.14 bits per heavy atom. The highest BCUT2D eigenvalue weighted by Gasteiger charge is 2.45. The van der Waals surface area contributed by atoms with Gasteiger partial charge in [0, 0.05) is 48.4 Å². The first-order valence-corrected chi connectivity index (χ1v) is 12.9. The van der Waals surface area contributed by atoms with E-state index in [-0.39, 0.29) is 11.5 Å². The van der Waals surface area contributed by atoms with Gasteiger partial charge in [-0.2, -0.15) is 5.10 Å². The van der Waals surface area contributed by atoms with Crippen molar-refractivity contribution in [2.24, 2.45) is 17.1 Å². The number of benzene rings is 1. The monoisotopic (exact) mass is 523 g/mol. The maximum atomic E-state index is 6.30. The first-order chi connectivity index (χ1) is 17.4. The molecular formula is C26H27Cl2N7O. The number of nitrogens with zero attached hydrogens (tertiary/aromatic N) is 5. The predicted molar refractivity (Wildman–Crippen MR) is 141 cm³/mol. The van der Waals surface area contributed by atoms with Crippen molar-refractivity contribution < 1.29 is 4.74 Å². The van der Waals surface area contributed by atoms with E-state index in [1.54, 1.807) is 12.4 Å². The Morgan fingerprint density at radius 3 is 2.58 bits per heavy atom. The third-order valence-corrected chi connectivity index (χ3v) is 7.87. The van der Waals surface area contributed by atoms with Crippen molar-refractivity contribution in [2.75, 3.05) is 24.5 Å². The Balaban J connectivity index is 1.20. The first kappa shape index (κ1) is 23.5. The number of nitrogens with two attached hydrogens (primary N) is 1. The fourth-order valence-corrected chi connectivity index (χ4v) is 5.83. The number of rotatable bonds is 8. The lowest BCUT2D eigenvalue weighted by Gasteiger charge is -2.50. The smallest absolute Gasteiger partial charge is 0.151 e. The van der Waals surface area contributed by atoms with Crippen LogP contribution in [0.1, 0.15) is 37.9 Å². The van der Waals surface area contributed by atoms with Gasteiger partial charge in [-0.3, -0.25) is 10.1 Å². The summed E-state index contributed by atoms with van der Waals surface area (Å²) < 4.78 is 6.17. The number of ether oxygens (including phenoxy) is 1. The fraction of sp³-hybridized carbons (Fsp3) is 0.385. The zero-order valence-corrected chi connectivity index (χ0v) is 21.4. The zero-order valence-electron chi connectivity index (χ0n) is 19.9. The highest BCUT2D eigenvalue weighted by atomic mass is 35.5. The van der Waals surface area contributed by atoms with Crippen LogP contribution in [-0.2, 0) is 0 Å². The van der Waals surface area contributed by atoms with Gasteiger partial charge in [0.25, 0.3) is 0 Å². The molecule has 0 amide bonds. The van der Waals surface area contributed by atoms with Gasteiger partial charge in [0.15, 0.2) is 5.82 Å². The number of hydrogen-bond donors (Lipinski definition) is 2. The molecule has 6 rings (SSSR count). The van der Waals surface area contributed by atoms with Gasteiger partial charge in [0.05, 0.1) is 15.6 Å². The molecule has 1 saturated heterocycles. The van der Waals surface area contributed by atoms with Gasteiger partial charge in [-0.05, 0) is 49.6 Å². The second kappa shape index (κ2) is 9.18. The van der Waals surface area contributed by atoms with Crippen LogP contribution in [-0.4, -0.2) is 45.0 Å². The van der Waals surface area contributed by atoms with Gasteiger partial charge < -0.3 is 15.4 Å². The van der Waals surface area contributed by atoms with Crippen LogP contribution in [0.3, 0.4) is 0 Å². The Bertz CT molecular complexity index is 1380. The molecule has 2 aliphatic rings. The largest absolute Gasteiger partial charge is 0.486 e. The van der Waals surface area contributed by atoms with Crippen molar-refractivity contribution in [3.8, 4) is 17.1 Å². The number of anilines is 1. The van der Waals surface area contributed by atoms with E-state index < -0.39 is 0 Å². The number of halogens is 2. The summed E-state index contributed by atoms with van der Waals surface area (Å²) in [5.41, 5.74) is 9.34. The maximum absolute atomic E-state index is 6.30. The fourth-order valence-electron chi connectivity index (χ4n) is 5.16. The lowest BCUT2D eigenvalue weighted by molar-refractivity contribution is 0.191. The second-order valence-electron chi connectivity index (χ2n) is 10.0. The number of nitrogens with one attached hydrogen (secondary N) is 1. The van der Waals surface area contributed by atoms with E-state index in [4.69, 9.17) is 33.7 Å². The van der Waals surface area contributed by atoms with Gasteiger partial charge in [-0.1, -0.05) is 36.0 Å². The number of fused-ring (bicyclic) bond motifs is 1. The Labute approximate surface area is 219 Å². The number of pyridine rings is 1. The minimum Gasteiger partial charge on any atom is -0.486 e. The van der Waals surface area contributed by atoms with Crippen molar-refractivity contribution in [1.82, 2.24) is 25.4 Å². The van der Waals surface area contributed by atoms with Gasteiger partial charge in [-0.25, -0.2) is 0 Å². The van der Waals surface area contributed by atoms with Gasteiger partial charge in [0.1, 0.15) is 23.2 Å². The van der Waals surface area contributed by atoms with Crippen molar-refractivity contribution in [3.63, 3.8) is 0 Å². The summed E-state index contributed by atoms with van der Waals surface area (Å²) in [6.07, 6.45) is 6.69. The maximum Gasteiger partial charge on any atom is 0.151 e. The summed E-state index contributed by atoms with van der Waals surface area (Å²) in [5.74, 6) is 2.41. The van der Waals surface area contributed by atoms with Gasteiger partial charge >= 0.3 is 0 Å². The second-order valence-corrected chi connectivity index (χ2v) is 10.9. The van der Waals surface area contributed by atoms with Crippen LogP contribution in [0, 0.1) is 11.3 Å². The molecule has 0 spiro atoms. The Kier molecular flexibility index (Phi) is 5.98. The van der Waals surface area contributed by atoms with Crippen LogP contribution >= 0.6 is 23.2 Å². The molecule has 1 aromatic carbocycles. The van der Waals surface area contributed by atoms with Crippen LogP contribution in [0.4, 0.5) is 5.82 Å². The van der Waals surface area contributed by atoms with E-state index in [1.807, 2.05) is 37.3 Å². The summed E-state index contributed by atoms with van der Waals surface area (Å²) in [6, 6.07) is 9.72. The average molecular weight is 524 g/mol. The molecule has 1 saturated carbocycles. The molecule has 186 valence electrons. The Morgan fingerprint density at radius 2 is 1.92 bits per heavy atom. The van der Waals surface area contributed by atoms with Crippen molar-refractivity contribution in [2.45, 2.75) is 32.3 Å². The highest BCUT2D eigenvalue weighted by molar-refractivity contribution is 6.35. The molecule has 0 unspecified atom stereocenters. The average Bonchev–Trinajstić information content (AvgIpc) is 3.57. The minimum absolute atomic E-state index is 0.234. The molecule has 2 fully saturated rings. The number of H-pyrrole nitrogens is 1. The summed E-state index contributed by atoms with van der Waals surface area (Å²) in [4.78, 5) is 6.27. The van der Waals surface area contributed by atoms with Crippen LogP contribution in [0.25, 0.3) is 22.3 Å². The number of aromatic nitrogens is 5. The van der Waals surface area contributed by atoms with Gasteiger partial charge in [0.2, 0.25) is 0 Å². The quantitative estimate of drug-likeness (QED) is 0.317. The van der Waals surface area contributed by atoms with Crippen molar-refractivity contribution in [1.29, 1.82) is 0 Å². The van der Waals surface area contributed by atoms with E-state index in [0.717, 1.165) is 48.0 Å². The third kappa shape index (κ3) is 4.38. The van der Waals surface area contributed by atoms with E-state index in [9.17, 15) is 0 Å². The molecule has 1 aliphatic heterocycles. The molecule has 3 N–H and O–H groups in total. The molecule has 4 aromatic rings. The van der Waals surface area contributed by atoms with Gasteiger partial charge in [-0.15, -0.1) is 10.2 Å². The van der Waals surface area contributed by atoms with Crippen LogP contribution in [0.2, 0.25) is 10.0 Å². The number of aromatic amines is 1. The lowest BCUT2D eigenvalue weighted by Crippen LogP contribution is -2.60. The molecule has 0 radical (unpaired) electrons. The molecular weight excluding hydrogens is 497 g/mol. The standard InChI is InChI=1S/C26H27Cl2N7O/c1-15(24-19(27)10-30-11-20(24)28)36-17-4-5-21-18(8-17)25(34-31-21)22-6-7-23(33-32-22)35-13-26(12-29,14-35)9-16-2-3-16/h4-8,10-11,15-16H,2-3,9,12-14,29H2,1H3,(H,31,34)/t15-/m1/s1. The molecule has 8 nitrogen and oxygen atoms in total. The molecule has 10 heteroatoms. The SMILES string of the molecule is C[C@@H](Oc1ccc2[nH]nc(-c3ccc(N4CC(CN)(CC5CC5)C4)nn3)c2c1)c1c(Cl)cncc1Cl. The van der Waals surface area contributed by atoms with E-state index >= 15 is 0 Å². The third-order valence-electron chi connectivity index (χ3n) is 7.27. The summed E-state index contributed by atoms with van der Waals surface area (Å²) >= 11 is 12.6. The Hall–Kier alpha value is -2.94. The highest BCUT2D eigenvalue weighted by Crippen LogP contribution is 2.45. The van der Waals surface area contributed by atoms with Crippen LogP contribution < -0.4 is 15.4 Å². The summed E-state index contributed by atoms with van der Waals surface area (Å²) in [7, 11) is 0. The van der Waals surface area contributed by atoms with E-state index in [2.05, 4.69) is 30.3 Å². The van der Waals surface area contributed by atoms with E-state index in [1.165, 1.54) is 19.3 Å². The molecule has 36 heavy (non-hydrogen) atoms. The molecule has 3 aromatic heterocycles. The number of hydrogen-bond acceptors (Lipinski definition) is 7. The normalized spacial score (nSPS) is 17.7. The molecule has 4 heterocycles. The molecule has 0 bridgehead atoms. The summed E-state index contributed by atoms with van der Waals surface area (Å²) in [5, 5.41) is 18.4. The molecule has 1 atom stereocenters. The van der Waals surface area contributed by atoms with E-state index in [0.29, 0.717) is 27.1 Å². The van der Waals surface area contributed by atoms with Crippen LogP contribution in [0.5, 0.6) is 5.75 Å². The molecule has 1 aliphatic carbocycles. The minimum atomic E-state index is -0.364. The lowest BCUT2D eigenvalue weighted by atomic mass is 9.75. The van der Waals surface area contributed by atoms with Crippen molar-refractivity contribution in [3.05, 3.63) is 58.3 Å². The first-order valence-electron chi connectivity index (χ1n) is 12.2. The van der Waals surface area contributed by atoms with Crippen LogP contribution in [0.15, 0.2) is 42.7 Å². The topological polar surface area (TPSA) is 106 Å².